The van der Waals surface area contributed by atoms with Crippen molar-refractivity contribution in [2.45, 2.75) is 24.3 Å². The highest BCUT2D eigenvalue weighted by molar-refractivity contribution is 7.89. The summed E-state index contributed by atoms with van der Waals surface area (Å²) in [7, 11) is -3.48. The van der Waals surface area contributed by atoms with Gasteiger partial charge in [-0.1, -0.05) is 18.2 Å². The second-order valence-electron chi connectivity index (χ2n) is 6.97. The van der Waals surface area contributed by atoms with Crippen molar-refractivity contribution in [3.8, 4) is 5.75 Å². The minimum Gasteiger partial charge on any atom is -0.489 e. The van der Waals surface area contributed by atoms with E-state index in [-0.39, 0.29) is 17.3 Å². The number of nitrogens with zero attached hydrogens (tertiary/aromatic N) is 1. The van der Waals surface area contributed by atoms with Crippen LogP contribution >= 0.6 is 0 Å². The van der Waals surface area contributed by atoms with E-state index in [0.29, 0.717) is 30.1 Å². The van der Waals surface area contributed by atoms with Crippen molar-refractivity contribution in [3.63, 3.8) is 0 Å². The maximum Gasteiger partial charge on any atom is 0.291 e. The van der Waals surface area contributed by atoms with Crippen molar-refractivity contribution in [3.05, 3.63) is 78.3 Å². The third-order valence-corrected chi connectivity index (χ3v) is 6.82. The molecule has 0 aliphatic carbocycles. The van der Waals surface area contributed by atoms with Crippen LogP contribution in [0.4, 0.5) is 5.69 Å². The zero-order chi connectivity index (χ0) is 21.0. The Morgan fingerprint density at radius 2 is 1.70 bits per heavy atom. The second-order valence-corrected chi connectivity index (χ2v) is 8.90. The van der Waals surface area contributed by atoms with Crippen LogP contribution in [0, 0.1) is 0 Å². The topological polar surface area (TPSA) is 88.9 Å². The average molecular weight is 426 g/mol. The number of hydrogen-bond donors (Lipinski definition) is 1. The molecule has 8 heteroatoms. The number of rotatable bonds is 7. The molecule has 2 aromatic carbocycles. The fraction of sp³-hybridized carbons (Fsp3) is 0.227. The molecular formula is C22H22N2O5S. The molecule has 0 bridgehead atoms. The molecule has 0 saturated carbocycles. The van der Waals surface area contributed by atoms with E-state index in [0.717, 1.165) is 12.8 Å². The Kier molecular flexibility index (Phi) is 5.87. The van der Waals surface area contributed by atoms with Crippen LogP contribution in [-0.2, 0) is 16.6 Å². The van der Waals surface area contributed by atoms with Gasteiger partial charge in [-0.15, -0.1) is 0 Å². The normalized spacial score (nSPS) is 14.5. The Hall–Kier alpha value is -3.10. The van der Waals surface area contributed by atoms with Crippen LogP contribution in [0.1, 0.15) is 29.0 Å². The van der Waals surface area contributed by atoms with Gasteiger partial charge in [0.1, 0.15) is 12.4 Å². The standard InChI is InChI=1S/C22H22N2O5S/c25-22(21-17(12-15-28-21)16-29-19-6-2-1-3-7-19)23-18-8-10-20(11-9-18)30(26,27)24-13-4-5-14-24/h1-3,6-12,15H,4-5,13-14,16H2,(H,23,25). The molecule has 1 N–H and O–H groups in total. The number of carbonyl (C=O) groups excluding carboxylic acids is 1. The number of carbonyl (C=O) groups is 1. The molecule has 7 nitrogen and oxygen atoms in total. The van der Waals surface area contributed by atoms with Gasteiger partial charge in [-0.2, -0.15) is 4.31 Å². The maximum absolute atomic E-state index is 12.6. The molecule has 1 fully saturated rings. The molecule has 0 radical (unpaired) electrons. The van der Waals surface area contributed by atoms with E-state index >= 15 is 0 Å². The van der Waals surface area contributed by atoms with Gasteiger partial charge in [0, 0.05) is 24.3 Å². The van der Waals surface area contributed by atoms with Gasteiger partial charge in [-0.25, -0.2) is 8.42 Å². The Balaban J connectivity index is 1.41. The summed E-state index contributed by atoms with van der Waals surface area (Å²) in [6, 6.07) is 17.1. The van der Waals surface area contributed by atoms with Crippen LogP contribution in [0.15, 0.2) is 76.2 Å². The number of furan rings is 1. The average Bonchev–Trinajstić information content (AvgIpc) is 3.46. The minimum absolute atomic E-state index is 0.152. The molecule has 30 heavy (non-hydrogen) atoms. The highest BCUT2D eigenvalue weighted by Gasteiger charge is 2.27. The van der Waals surface area contributed by atoms with Crippen LogP contribution in [-0.4, -0.2) is 31.7 Å². The van der Waals surface area contributed by atoms with Crippen LogP contribution in [0.3, 0.4) is 0 Å². The van der Waals surface area contributed by atoms with Gasteiger partial charge in [0.25, 0.3) is 5.91 Å². The summed E-state index contributed by atoms with van der Waals surface area (Å²) in [6.07, 6.45) is 3.20. The van der Waals surface area contributed by atoms with E-state index in [9.17, 15) is 13.2 Å². The lowest BCUT2D eigenvalue weighted by molar-refractivity contribution is 0.0993. The highest BCUT2D eigenvalue weighted by Crippen LogP contribution is 2.23. The largest absolute Gasteiger partial charge is 0.489 e. The third-order valence-electron chi connectivity index (χ3n) is 4.91. The van der Waals surface area contributed by atoms with Gasteiger partial charge in [-0.3, -0.25) is 4.79 Å². The number of amides is 1. The minimum atomic E-state index is -3.48. The lowest BCUT2D eigenvalue weighted by Gasteiger charge is -2.15. The van der Waals surface area contributed by atoms with E-state index in [2.05, 4.69) is 5.32 Å². The van der Waals surface area contributed by atoms with E-state index in [1.54, 1.807) is 18.2 Å². The number of benzene rings is 2. The quantitative estimate of drug-likeness (QED) is 0.619. The second kappa shape index (κ2) is 8.73. The smallest absolute Gasteiger partial charge is 0.291 e. The van der Waals surface area contributed by atoms with Crippen molar-refractivity contribution >= 4 is 21.6 Å². The number of ether oxygens (including phenoxy) is 1. The van der Waals surface area contributed by atoms with E-state index < -0.39 is 15.9 Å². The van der Waals surface area contributed by atoms with Crippen molar-refractivity contribution in [1.82, 2.24) is 4.31 Å². The summed E-state index contributed by atoms with van der Waals surface area (Å²) >= 11 is 0. The monoisotopic (exact) mass is 426 g/mol. The zero-order valence-electron chi connectivity index (χ0n) is 16.3. The van der Waals surface area contributed by atoms with Crippen LogP contribution in [0.5, 0.6) is 5.75 Å². The molecule has 1 amide bonds. The van der Waals surface area contributed by atoms with Crippen LogP contribution < -0.4 is 10.1 Å². The fourth-order valence-electron chi connectivity index (χ4n) is 3.30. The maximum atomic E-state index is 12.6. The van der Waals surface area contributed by atoms with Gasteiger partial charge in [0.2, 0.25) is 10.0 Å². The molecule has 1 aliphatic rings. The molecule has 4 rings (SSSR count). The zero-order valence-corrected chi connectivity index (χ0v) is 17.1. The summed E-state index contributed by atoms with van der Waals surface area (Å²) in [6.45, 7) is 1.29. The number of para-hydroxylation sites is 1. The molecular weight excluding hydrogens is 404 g/mol. The summed E-state index contributed by atoms with van der Waals surface area (Å²) < 4.78 is 37.7. The Bertz CT molecular complexity index is 1100. The fourth-order valence-corrected chi connectivity index (χ4v) is 4.82. The lowest BCUT2D eigenvalue weighted by Crippen LogP contribution is -2.27. The van der Waals surface area contributed by atoms with Gasteiger partial charge >= 0.3 is 0 Å². The van der Waals surface area contributed by atoms with Crippen molar-refractivity contribution in [2.75, 3.05) is 18.4 Å². The van der Waals surface area contributed by atoms with Gasteiger partial charge in [0.05, 0.1) is 11.2 Å². The molecule has 1 aromatic heterocycles. The molecule has 1 aliphatic heterocycles. The number of anilines is 1. The molecule has 1 saturated heterocycles. The SMILES string of the molecule is O=C(Nc1ccc(S(=O)(=O)N2CCCC2)cc1)c1occc1COc1ccccc1. The van der Waals surface area contributed by atoms with Crippen molar-refractivity contribution in [1.29, 1.82) is 0 Å². The Morgan fingerprint density at radius 3 is 2.40 bits per heavy atom. The number of nitrogens with one attached hydrogen (secondary N) is 1. The lowest BCUT2D eigenvalue weighted by atomic mass is 10.2. The Morgan fingerprint density at radius 1 is 1.00 bits per heavy atom. The predicted molar refractivity (Wildman–Crippen MR) is 112 cm³/mol. The van der Waals surface area contributed by atoms with Crippen LogP contribution in [0.25, 0.3) is 0 Å². The number of sulfonamides is 1. The summed E-state index contributed by atoms with van der Waals surface area (Å²) in [5, 5.41) is 2.73. The summed E-state index contributed by atoms with van der Waals surface area (Å²) in [5.74, 6) is 0.418. The van der Waals surface area contributed by atoms with Crippen molar-refractivity contribution < 1.29 is 22.4 Å². The summed E-state index contributed by atoms with van der Waals surface area (Å²) in [4.78, 5) is 12.8. The van der Waals surface area contributed by atoms with Crippen molar-refractivity contribution in [2.24, 2.45) is 0 Å². The van der Waals surface area contributed by atoms with E-state index in [4.69, 9.17) is 9.15 Å². The first kappa shape index (κ1) is 20.2. The highest BCUT2D eigenvalue weighted by atomic mass is 32.2. The molecule has 0 unspecified atom stereocenters. The molecule has 0 atom stereocenters. The molecule has 3 aromatic rings. The van der Waals surface area contributed by atoms with Crippen LogP contribution in [0.2, 0.25) is 0 Å². The first-order valence-electron chi connectivity index (χ1n) is 9.70. The van der Waals surface area contributed by atoms with Gasteiger partial charge < -0.3 is 14.5 Å². The molecule has 2 heterocycles. The predicted octanol–water partition coefficient (Wildman–Crippen LogP) is 3.90. The van der Waals surface area contributed by atoms with Gasteiger partial charge in [0.15, 0.2) is 5.76 Å². The number of hydrogen-bond acceptors (Lipinski definition) is 5. The molecule has 156 valence electrons. The third kappa shape index (κ3) is 4.39. The van der Waals surface area contributed by atoms with E-state index in [1.165, 1.54) is 22.7 Å². The van der Waals surface area contributed by atoms with E-state index in [1.807, 2.05) is 30.3 Å². The first-order chi connectivity index (χ1) is 14.5. The Labute approximate surface area is 175 Å². The molecule has 0 spiro atoms. The summed E-state index contributed by atoms with van der Waals surface area (Å²) in [5.41, 5.74) is 1.09. The first-order valence-corrected chi connectivity index (χ1v) is 11.1. The van der Waals surface area contributed by atoms with Gasteiger partial charge in [-0.05, 0) is 55.3 Å².